The van der Waals surface area contributed by atoms with E-state index in [0.29, 0.717) is 35.6 Å². The molecule has 8 heteroatoms. The van der Waals surface area contributed by atoms with Crippen molar-refractivity contribution in [3.05, 3.63) is 89.7 Å². The van der Waals surface area contributed by atoms with E-state index in [1.165, 1.54) is 24.3 Å². The molecule has 0 bridgehead atoms. The zero-order valence-electron chi connectivity index (χ0n) is 26.6. The van der Waals surface area contributed by atoms with Crippen molar-refractivity contribution < 1.29 is 23.5 Å². The lowest BCUT2D eigenvalue weighted by Crippen LogP contribution is -2.50. The fraction of sp³-hybridized carbons (Fsp3) is 0.444. The van der Waals surface area contributed by atoms with Crippen molar-refractivity contribution in [2.24, 2.45) is 11.7 Å². The van der Waals surface area contributed by atoms with Crippen molar-refractivity contribution in [3.8, 4) is 11.5 Å². The third kappa shape index (κ3) is 10.7. The van der Waals surface area contributed by atoms with E-state index in [9.17, 15) is 14.0 Å². The van der Waals surface area contributed by atoms with Gasteiger partial charge in [0.25, 0.3) is 5.91 Å². The highest BCUT2D eigenvalue weighted by Crippen LogP contribution is 2.27. The molecule has 3 atom stereocenters. The van der Waals surface area contributed by atoms with E-state index in [2.05, 4.69) is 38.3 Å². The van der Waals surface area contributed by atoms with Crippen LogP contribution in [-0.2, 0) is 11.2 Å². The van der Waals surface area contributed by atoms with E-state index >= 15 is 0 Å². The Labute approximate surface area is 261 Å². The molecule has 7 nitrogen and oxygen atoms in total. The summed E-state index contributed by atoms with van der Waals surface area (Å²) in [6, 6.07) is 19.8. The van der Waals surface area contributed by atoms with Crippen LogP contribution in [0, 0.1) is 11.7 Å². The number of hydrogen-bond donors (Lipinski definition) is 3. The minimum absolute atomic E-state index is 0.0242. The Balaban J connectivity index is 1.83. The number of nitrogens with one attached hydrogen (secondary N) is 2. The smallest absolute Gasteiger partial charge is 0.251 e. The number of carbonyl (C=O) groups is 2. The van der Waals surface area contributed by atoms with Crippen molar-refractivity contribution in [1.29, 1.82) is 0 Å². The normalized spacial score (nSPS) is 13.3. The monoisotopic (exact) mass is 605 g/mol. The van der Waals surface area contributed by atoms with Crippen LogP contribution in [0.2, 0.25) is 0 Å². The molecule has 0 aliphatic rings. The summed E-state index contributed by atoms with van der Waals surface area (Å²) in [7, 11) is 0. The molecule has 3 aromatic carbocycles. The van der Waals surface area contributed by atoms with Crippen molar-refractivity contribution in [2.75, 3.05) is 5.32 Å². The molecular formula is C36H48FN3O4. The highest BCUT2D eigenvalue weighted by molar-refractivity contribution is 5.95. The first-order valence-electron chi connectivity index (χ1n) is 15.8. The Kier molecular flexibility index (Phi) is 13.7. The molecule has 0 aromatic heterocycles. The van der Waals surface area contributed by atoms with E-state index < -0.39 is 18.0 Å². The molecular weight excluding hydrogens is 557 g/mol. The molecule has 3 aromatic rings. The van der Waals surface area contributed by atoms with Crippen LogP contribution in [0.3, 0.4) is 0 Å². The summed E-state index contributed by atoms with van der Waals surface area (Å²) in [5, 5.41) is 5.97. The molecule has 0 aliphatic heterocycles. The second-order valence-corrected chi connectivity index (χ2v) is 11.4. The number of amides is 2. The van der Waals surface area contributed by atoms with Gasteiger partial charge in [0.2, 0.25) is 5.91 Å². The molecule has 4 N–H and O–H groups in total. The van der Waals surface area contributed by atoms with Gasteiger partial charge in [-0.15, -0.1) is 0 Å². The third-order valence-electron chi connectivity index (χ3n) is 7.89. The van der Waals surface area contributed by atoms with E-state index in [1.54, 1.807) is 19.1 Å². The van der Waals surface area contributed by atoms with Gasteiger partial charge in [-0.3, -0.25) is 9.59 Å². The van der Waals surface area contributed by atoms with Crippen molar-refractivity contribution >= 4 is 17.5 Å². The summed E-state index contributed by atoms with van der Waals surface area (Å²) in [6.45, 7) is 10.1. The first kappa shape index (κ1) is 34.6. The molecule has 0 unspecified atom stereocenters. The van der Waals surface area contributed by atoms with Crippen LogP contribution >= 0.6 is 0 Å². The topological polar surface area (TPSA) is 103 Å². The average Bonchev–Trinajstić information content (AvgIpc) is 3.03. The average molecular weight is 606 g/mol. The summed E-state index contributed by atoms with van der Waals surface area (Å²) in [5.41, 5.74) is 8.65. The molecule has 44 heavy (non-hydrogen) atoms. The highest BCUT2D eigenvalue weighted by atomic mass is 19.1. The molecule has 238 valence electrons. The standard InChI is InChI=1S/C36H48FN3O4/c1-6-29(7-2)43-31-21-26(22-32(23-31)44-30(8-3)9-4)36(42)40-34(20-25-13-11-10-12-14-25)33(38)19-24(5)35(41)39-28-17-15-27(37)16-18-28/h10-18,21-24,29-30,33-34H,6-9,19-20,38H2,1-5H3,(H,39,41)(H,40,42)/t24-,33+,34+/m1/s1. The lowest BCUT2D eigenvalue weighted by Gasteiger charge is -2.27. The number of carbonyl (C=O) groups excluding carboxylic acids is 2. The highest BCUT2D eigenvalue weighted by Gasteiger charge is 2.26. The molecule has 0 aliphatic carbocycles. The molecule has 0 saturated carbocycles. The Bertz CT molecular complexity index is 1280. The van der Waals surface area contributed by atoms with Crippen molar-refractivity contribution in [2.45, 2.75) is 97.4 Å². The maximum absolute atomic E-state index is 13.8. The van der Waals surface area contributed by atoms with Crippen LogP contribution in [0.25, 0.3) is 0 Å². The molecule has 3 rings (SSSR count). The van der Waals surface area contributed by atoms with E-state index in [4.69, 9.17) is 15.2 Å². The summed E-state index contributed by atoms with van der Waals surface area (Å²) in [6.07, 6.45) is 4.24. The fourth-order valence-corrected chi connectivity index (χ4v) is 5.04. The number of halogens is 1. The quantitative estimate of drug-likeness (QED) is 0.150. The van der Waals surface area contributed by atoms with Crippen LogP contribution in [0.1, 0.15) is 82.6 Å². The molecule has 0 saturated heterocycles. The predicted octanol–water partition coefficient (Wildman–Crippen LogP) is 7.29. The summed E-state index contributed by atoms with van der Waals surface area (Å²) in [4.78, 5) is 26.7. The molecule has 0 fully saturated rings. The van der Waals surface area contributed by atoms with Gasteiger partial charge in [0.05, 0.1) is 12.2 Å². The first-order chi connectivity index (χ1) is 21.1. The number of rotatable bonds is 17. The van der Waals surface area contributed by atoms with Crippen LogP contribution in [0.4, 0.5) is 10.1 Å². The Morgan fingerprint density at radius 2 is 1.36 bits per heavy atom. The van der Waals surface area contributed by atoms with Gasteiger partial charge in [-0.05, 0) is 80.5 Å². The van der Waals surface area contributed by atoms with Gasteiger partial charge < -0.3 is 25.8 Å². The number of hydrogen-bond acceptors (Lipinski definition) is 5. The van der Waals surface area contributed by atoms with Gasteiger partial charge >= 0.3 is 0 Å². The number of ether oxygens (including phenoxy) is 2. The summed E-state index contributed by atoms with van der Waals surface area (Å²) < 4.78 is 25.7. The largest absolute Gasteiger partial charge is 0.490 e. The summed E-state index contributed by atoms with van der Waals surface area (Å²) in [5.74, 6) is -0.188. The Hall–Kier alpha value is -3.91. The van der Waals surface area contributed by atoms with Crippen LogP contribution in [0.5, 0.6) is 11.5 Å². The zero-order valence-corrected chi connectivity index (χ0v) is 26.6. The maximum atomic E-state index is 13.8. The second kappa shape index (κ2) is 17.4. The van der Waals surface area contributed by atoms with Gasteiger partial charge in [0.15, 0.2) is 0 Å². The number of nitrogens with two attached hydrogens (primary N) is 1. The fourth-order valence-electron chi connectivity index (χ4n) is 5.04. The first-order valence-corrected chi connectivity index (χ1v) is 15.8. The van der Waals surface area contributed by atoms with Gasteiger partial charge in [-0.2, -0.15) is 0 Å². The lowest BCUT2D eigenvalue weighted by atomic mass is 9.92. The number of benzene rings is 3. The van der Waals surface area contributed by atoms with Crippen molar-refractivity contribution in [1.82, 2.24) is 5.32 Å². The van der Waals surface area contributed by atoms with Gasteiger partial charge in [-0.25, -0.2) is 4.39 Å². The summed E-state index contributed by atoms with van der Waals surface area (Å²) >= 11 is 0. The maximum Gasteiger partial charge on any atom is 0.251 e. The SMILES string of the molecule is CCC(CC)Oc1cc(OC(CC)CC)cc(C(=O)N[C@@H](Cc2ccccc2)[C@@H](N)C[C@@H](C)C(=O)Nc2ccc(F)cc2)c1. The minimum atomic E-state index is -0.530. The van der Waals surface area contributed by atoms with E-state index in [0.717, 1.165) is 31.2 Å². The lowest BCUT2D eigenvalue weighted by molar-refractivity contribution is -0.119. The zero-order chi connectivity index (χ0) is 32.1. The Morgan fingerprint density at radius 3 is 1.89 bits per heavy atom. The minimum Gasteiger partial charge on any atom is -0.490 e. The van der Waals surface area contributed by atoms with Gasteiger partial charge in [0, 0.05) is 35.3 Å². The molecule has 0 heterocycles. The molecule has 0 radical (unpaired) electrons. The Morgan fingerprint density at radius 1 is 0.818 bits per heavy atom. The van der Waals surface area contributed by atoms with Crippen LogP contribution < -0.4 is 25.8 Å². The van der Waals surface area contributed by atoms with Gasteiger partial charge in [0.1, 0.15) is 17.3 Å². The number of anilines is 1. The predicted molar refractivity (Wildman–Crippen MR) is 175 cm³/mol. The van der Waals surface area contributed by atoms with E-state index in [-0.39, 0.29) is 29.8 Å². The van der Waals surface area contributed by atoms with Crippen LogP contribution in [-0.4, -0.2) is 36.1 Å². The van der Waals surface area contributed by atoms with Crippen LogP contribution in [0.15, 0.2) is 72.8 Å². The van der Waals surface area contributed by atoms with E-state index in [1.807, 2.05) is 36.4 Å². The van der Waals surface area contributed by atoms with Gasteiger partial charge in [-0.1, -0.05) is 65.0 Å². The third-order valence-corrected chi connectivity index (χ3v) is 7.89. The molecule has 0 spiro atoms. The second-order valence-electron chi connectivity index (χ2n) is 11.4. The molecule has 2 amide bonds. The van der Waals surface area contributed by atoms with Crippen molar-refractivity contribution in [3.63, 3.8) is 0 Å².